The van der Waals surface area contributed by atoms with Crippen LogP contribution in [-0.2, 0) is 14.3 Å². The maximum Gasteiger partial charge on any atom is 0.409 e. The van der Waals surface area contributed by atoms with Gasteiger partial charge in [0.2, 0.25) is 0 Å². The van der Waals surface area contributed by atoms with Crippen molar-refractivity contribution in [2.45, 2.75) is 19.4 Å². The summed E-state index contributed by atoms with van der Waals surface area (Å²) in [5.74, 6) is -0.449. The van der Waals surface area contributed by atoms with Crippen molar-refractivity contribution >= 4 is 23.6 Å². The Bertz CT molecular complexity index is 699. The second-order valence-electron chi connectivity index (χ2n) is 6.06. The Morgan fingerprint density at radius 1 is 1.20 bits per heavy atom. The number of ether oxygens (including phenoxy) is 2. The van der Waals surface area contributed by atoms with Crippen LogP contribution in [0.4, 0.5) is 10.5 Å². The van der Waals surface area contributed by atoms with Gasteiger partial charge in [0.25, 0.3) is 17.4 Å². The number of hydrogen-bond acceptors (Lipinski definition) is 5. The van der Waals surface area contributed by atoms with Crippen molar-refractivity contribution < 1.29 is 23.9 Å². The third kappa shape index (κ3) is 3.11. The molecule has 1 fully saturated rings. The summed E-state index contributed by atoms with van der Waals surface area (Å²) >= 11 is 0. The standard InChI is InChI=1S/C17H21N3O5/c1-3-24-16(23)20-10-8-19(9-11-20)15(22)17(2)14(21)18-12-6-4-5-7-13(12)25-17/h4-7H,3,8-11H2,1-2H3,(H,18,21)/t17-/m0/s1. The summed E-state index contributed by atoms with van der Waals surface area (Å²) in [6, 6.07) is 6.98. The predicted molar refractivity (Wildman–Crippen MR) is 89.3 cm³/mol. The van der Waals surface area contributed by atoms with E-state index in [1.807, 2.05) is 0 Å². The number of rotatable bonds is 2. The van der Waals surface area contributed by atoms with E-state index in [0.29, 0.717) is 44.2 Å². The second kappa shape index (κ2) is 6.62. The molecule has 8 nitrogen and oxygen atoms in total. The highest BCUT2D eigenvalue weighted by Crippen LogP contribution is 2.34. The minimum atomic E-state index is -1.62. The van der Waals surface area contributed by atoms with E-state index in [4.69, 9.17) is 9.47 Å². The molecule has 0 aliphatic carbocycles. The number of amides is 3. The molecule has 1 atom stereocenters. The Hall–Kier alpha value is -2.77. The van der Waals surface area contributed by atoms with E-state index in [1.54, 1.807) is 41.0 Å². The molecule has 1 saturated heterocycles. The van der Waals surface area contributed by atoms with Crippen molar-refractivity contribution in [3.05, 3.63) is 24.3 Å². The number of carbonyl (C=O) groups is 3. The van der Waals surface area contributed by atoms with Crippen LogP contribution in [0.3, 0.4) is 0 Å². The van der Waals surface area contributed by atoms with Crippen molar-refractivity contribution in [2.75, 3.05) is 38.1 Å². The highest BCUT2D eigenvalue weighted by Gasteiger charge is 2.49. The highest BCUT2D eigenvalue weighted by atomic mass is 16.6. The van der Waals surface area contributed by atoms with Gasteiger partial charge in [-0.05, 0) is 26.0 Å². The minimum absolute atomic E-state index is 0.309. The molecule has 134 valence electrons. The molecule has 0 radical (unpaired) electrons. The van der Waals surface area contributed by atoms with Crippen LogP contribution in [0, 0.1) is 0 Å². The molecule has 1 N–H and O–H groups in total. The lowest BCUT2D eigenvalue weighted by Gasteiger charge is -2.40. The van der Waals surface area contributed by atoms with Crippen LogP contribution < -0.4 is 10.1 Å². The lowest BCUT2D eigenvalue weighted by Crippen LogP contribution is -2.62. The van der Waals surface area contributed by atoms with Crippen LogP contribution >= 0.6 is 0 Å². The van der Waals surface area contributed by atoms with E-state index in [1.165, 1.54) is 6.92 Å². The van der Waals surface area contributed by atoms with Crippen LogP contribution in [-0.4, -0.2) is 66.1 Å². The molecule has 2 heterocycles. The summed E-state index contributed by atoms with van der Waals surface area (Å²) in [7, 11) is 0. The Kier molecular flexibility index (Phi) is 4.52. The molecule has 1 aromatic carbocycles. The Labute approximate surface area is 145 Å². The third-order valence-corrected chi connectivity index (χ3v) is 4.38. The fraction of sp³-hybridized carbons (Fsp3) is 0.471. The molecule has 1 aromatic rings. The number of anilines is 1. The number of para-hydroxylation sites is 2. The first-order chi connectivity index (χ1) is 12.0. The molecule has 25 heavy (non-hydrogen) atoms. The van der Waals surface area contributed by atoms with Gasteiger partial charge < -0.3 is 24.6 Å². The van der Waals surface area contributed by atoms with Crippen LogP contribution in [0.15, 0.2) is 24.3 Å². The van der Waals surface area contributed by atoms with Gasteiger partial charge in [0.15, 0.2) is 0 Å². The van der Waals surface area contributed by atoms with Gasteiger partial charge in [-0.1, -0.05) is 12.1 Å². The molecule has 8 heteroatoms. The summed E-state index contributed by atoms with van der Waals surface area (Å²) in [6.45, 7) is 4.89. The highest BCUT2D eigenvalue weighted by molar-refractivity contribution is 6.15. The van der Waals surface area contributed by atoms with Crippen LogP contribution in [0.2, 0.25) is 0 Å². The van der Waals surface area contributed by atoms with Crippen LogP contribution in [0.1, 0.15) is 13.8 Å². The summed E-state index contributed by atoms with van der Waals surface area (Å²) in [5, 5.41) is 2.72. The smallest absolute Gasteiger partial charge is 0.409 e. The molecule has 0 aromatic heterocycles. The molecule has 3 rings (SSSR count). The topological polar surface area (TPSA) is 88.2 Å². The molecule has 0 bridgehead atoms. The van der Waals surface area contributed by atoms with E-state index in [0.717, 1.165) is 0 Å². The monoisotopic (exact) mass is 347 g/mol. The molecule has 3 amide bonds. The molecule has 0 unspecified atom stereocenters. The van der Waals surface area contributed by atoms with E-state index >= 15 is 0 Å². The third-order valence-electron chi connectivity index (χ3n) is 4.38. The maximum absolute atomic E-state index is 12.9. The Morgan fingerprint density at radius 2 is 1.84 bits per heavy atom. The first-order valence-electron chi connectivity index (χ1n) is 8.26. The van der Waals surface area contributed by atoms with Crippen molar-refractivity contribution in [3.8, 4) is 5.75 Å². The second-order valence-corrected chi connectivity index (χ2v) is 6.06. The number of nitrogens with one attached hydrogen (secondary N) is 1. The van der Waals surface area contributed by atoms with Gasteiger partial charge in [0.1, 0.15) is 5.75 Å². The SMILES string of the molecule is CCOC(=O)N1CCN(C(=O)[C@@]2(C)Oc3ccccc3NC2=O)CC1. The number of fused-ring (bicyclic) bond motifs is 1. The van der Waals surface area contributed by atoms with Gasteiger partial charge in [-0.15, -0.1) is 0 Å². The van der Waals surface area contributed by atoms with Gasteiger partial charge in [0.05, 0.1) is 12.3 Å². The zero-order chi connectivity index (χ0) is 18.0. The lowest BCUT2D eigenvalue weighted by atomic mass is 10.0. The molecule has 2 aliphatic rings. The first kappa shape index (κ1) is 17.1. The van der Waals surface area contributed by atoms with Gasteiger partial charge in [-0.3, -0.25) is 9.59 Å². The molecular weight excluding hydrogens is 326 g/mol. The average Bonchev–Trinajstić information content (AvgIpc) is 2.62. The summed E-state index contributed by atoms with van der Waals surface area (Å²) in [6.07, 6.45) is -0.388. The van der Waals surface area contributed by atoms with Crippen molar-refractivity contribution in [1.29, 1.82) is 0 Å². The van der Waals surface area contributed by atoms with E-state index < -0.39 is 17.4 Å². The van der Waals surface area contributed by atoms with Gasteiger partial charge in [-0.25, -0.2) is 4.79 Å². The number of benzene rings is 1. The largest absolute Gasteiger partial charge is 0.466 e. The molecule has 2 aliphatic heterocycles. The van der Waals surface area contributed by atoms with Gasteiger partial charge in [-0.2, -0.15) is 0 Å². The van der Waals surface area contributed by atoms with E-state index in [2.05, 4.69) is 5.32 Å². The zero-order valence-electron chi connectivity index (χ0n) is 14.3. The number of nitrogens with zero attached hydrogens (tertiary/aromatic N) is 2. The minimum Gasteiger partial charge on any atom is -0.466 e. The van der Waals surface area contributed by atoms with Gasteiger partial charge in [0, 0.05) is 26.2 Å². The molecule has 0 saturated carbocycles. The first-order valence-corrected chi connectivity index (χ1v) is 8.26. The predicted octanol–water partition coefficient (Wildman–Crippen LogP) is 1.08. The van der Waals surface area contributed by atoms with Crippen molar-refractivity contribution in [3.63, 3.8) is 0 Å². The summed E-state index contributed by atoms with van der Waals surface area (Å²) < 4.78 is 10.7. The number of piperazine rings is 1. The average molecular weight is 347 g/mol. The number of carbonyl (C=O) groups excluding carboxylic acids is 3. The normalized spacial score (nSPS) is 22.6. The van der Waals surface area contributed by atoms with E-state index in [-0.39, 0.29) is 6.09 Å². The molecule has 0 spiro atoms. The van der Waals surface area contributed by atoms with Gasteiger partial charge >= 0.3 is 6.09 Å². The molecular formula is C17H21N3O5. The maximum atomic E-state index is 12.9. The van der Waals surface area contributed by atoms with Crippen molar-refractivity contribution in [2.24, 2.45) is 0 Å². The summed E-state index contributed by atoms with van der Waals surface area (Å²) in [4.78, 5) is 40.2. The fourth-order valence-electron chi connectivity index (χ4n) is 2.92. The van der Waals surface area contributed by atoms with Crippen LogP contribution in [0.5, 0.6) is 5.75 Å². The fourth-order valence-corrected chi connectivity index (χ4v) is 2.92. The Morgan fingerprint density at radius 3 is 2.52 bits per heavy atom. The van der Waals surface area contributed by atoms with E-state index in [9.17, 15) is 14.4 Å². The zero-order valence-corrected chi connectivity index (χ0v) is 14.3. The summed E-state index contributed by atoms with van der Waals surface area (Å²) in [5.41, 5.74) is -1.08. The Balaban J connectivity index is 1.69. The quantitative estimate of drug-likeness (QED) is 0.809. The van der Waals surface area contributed by atoms with Crippen molar-refractivity contribution in [1.82, 2.24) is 9.80 Å². The van der Waals surface area contributed by atoms with Crippen LogP contribution in [0.25, 0.3) is 0 Å². The lowest BCUT2D eigenvalue weighted by molar-refractivity contribution is -0.155. The number of hydrogen-bond donors (Lipinski definition) is 1.